The predicted molar refractivity (Wildman–Crippen MR) is 115 cm³/mol. The molecule has 30 heavy (non-hydrogen) atoms. The van der Waals surface area contributed by atoms with Crippen LogP contribution >= 0.6 is 0 Å². The van der Waals surface area contributed by atoms with Gasteiger partial charge in [-0.25, -0.2) is 0 Å². The number of aromatic nitrogens is 4. The fourth-order valence-electron chi connectivity index (χ4n) is 3.12. The standard InChI is InChI=1S/C22H27N5O3/c1-14(2)16-6-8-17(9-7-16)20-10-19(21(28)24-15(3)13-30-5)22(29)27(25-20)18-11-23-26(4)12-18/h6-12,14-15H,13H2,1-5H3,(H,24,28)/t15-/m0/s1. The van der Waals surface area contributed by atoms with E-state index >= 15 is 0 Å². The van der Waals surface area contributed by atoms with Crippen LogP contribution in [0.15, 0.2) is 47.5 Å². The third-order valence-electron chi connectivity index (χ3n) is 4.76. The fraction of sp³-hybridized carbons (Fsp3) is 0.364. The molecule has 3 aromatic rings. The van der Waals surface area contributed by atoms with Crippen LogP contribution < -0.4 is 10.9 Å². The van der Waals surface area contributed by atoms with E-state index in [9.17, 15) is 9.59 Å². The molecule has 0 saturated heterocycles. The van der Waals surface area contributed by atoms with Crippen molar-refractivity contribution in [2.24, 2.45) is 7.05 Å². The molecular weight excluding hydrogens is 382 g/mol. The lowest BCUT2D eigenvalue weighted by molar-refractivity contribution is 0.0903. The Hall–Kier alpha value is -3.26. The third-order valence-corrected chi connectivity index (χ3v) is 4.76. The van der Waals surface area contributed by atoms with Gasteiger partial charge in [0.15, 0.2) is 0 Å². The molecule has 2 aromatic heterocycles. The molecule has 0 saturated carbocycles. The molecule has 1 amide bonds. The second-order valence-corrected chi connectivity index (χ2v) is 7.64. The molecule has 0 aliphatic carbocycles. The van der Waals surface area contributed by atoms with E-state index in [4.69, 9.17) is 4.74 Å². The van der Waals surface area contributed by atoms with Gasteiger partial charge in [0.2, 0.25) is 0 Å². The van der Waals surface area contributed by atoms with E-state index in [1.165, 1.54) is 22.5 Å². The van der Waals surface area contributed by atoms with Crippen molar-refractivity contribution in [1.29, 1.82) is 0 Å². The molecule has 3 rings (SSSR count). The molecule has 8 nitrogen and oxygen atoms in total. The summed E-state index contributed by atoms with van der Waals surface area (Å²) in [5.74, 6) is -0.0652. The normalized spacial score (nSPS) is 12.2. The highest BCUT2D eigenvalue weighted by molar-refractivity contribution is 5.95. The minimum Gasteiger partial charge on any atom is -0.383 e. The van der Waals surface area contributed by atoms with Gasteiger partial charge in [-0.1, -0.05) is 38.1 Å². The number of amides is 1. The molecule has 1 atom stereocenters. The number of nitrogens with zero attached hydrogens (tertiary/aromatic N) is 4. The van der Waals surface area contributed by atoms with E-state index in [1.54, 1.807) is 25.0 Å². The Morgan fingerprint density at radius 1 is 1.20 bits per heavy atom. The maximum atomic E-state index is 13.1. The molecule has 2 heterocycles. The van der Waals surface area contributed by atoms with Crippen LogP contribution in [0.25, 0.3) is 16.9 Å². The summed E-state index contributed by atoms with van der Waals surface area (Å²) in [6.45, 7) is 6.41. The van der Waals surface area contributed by atoms with Crippen LogP contribution in [-0.4, -0.2) is 45.2 Å². The monoisotopic (exact) mass is 409 g/mol. The summed E-state index contributed by atoms with van der Waals surface area (Å²) in [5, 5.41) is 11.4. The Balaban J connectivity index is 2.10. The molecule has 0 radical (unpaired) electrons. The summed E-state index contributed by atoms with van der Waals surface area (Å²) in [5.41, 5.74) is 2.54. The first kappa shape index (κ1) is 21.4. The van der Waals surface area contributed by atoms with Crippen LogP contribution in [0.4, 0.5) is 0 Å². The largest absolute Gasteiger partial charge is 0.383 e. The van der Waals surface area contributed by atoms with Crippen molar-refractivity contribution in [3.05, 3.63) is 64.2 Å². The van der Waals surface area contributed by atoms with Crippen molar-refractivity contribution in [2.45, 2.75) is 32.7 Å². The Labute approximate surface area is 175 Å². The zero-order chi connectivity index (χ0) is 21.8. The maximum absolute atomic E-state index is 13.1. The second-order valence-electron chi connectivity index (χ2n) is 7.64. The van der Waals surface area contributed by atoms with Crippen molar-refractivity contribution in [3.63, 3.8) is 0 Å². The zero-order valence-corrected chi connectivity index (χ0v) is 17.9. The lowest BCUT2D eigenvalue weighted by atomic mass is 10.0. The van der Waals surface area contributed by atoms with E-state index in [0.717, 1.165) is 5.56 Å². The van der Waals surface area contributed by atoms with Crippen LogP contribution in [-0.2, 0) is 11.8 Å². The highest BCUT2D eigenvalue weighted by Crippen LogP contribution is 2.21. The molecule has 0 fully saturated rings. The first-order valence-corrected chi connectivity index (χ1v) is 9.83. The van der Waals surface area contributed by atoms with Gasteiger partial charge in [-0.05, 0) is 24.5 Å². The first-order chi connectivity index (χ1) is 14.3. The topological polar surface area (TPSA) is 91.0 Å². The lowest BCUT2D eigenvalue weighted by Crippen LogP contribution is -2.39. The molecule has 8 heteroatoms. The van der Waals surface area contributed by atoms with E-state index in [0.29, 0.717) is 23.9 Å². The number of carbonyl (C=O) groups excluding carboxylic acids is 1. The summed E-state index contributed by atoms with van der Waals surface area (Å²) in [6.07, 6.45) is 3.21. The minimum absolute atomic E-state index is 0.0137. The van der Waals surface area contributed by atoms with Crippen molar-refractivity contribution < 1.29 is 9.53 Å². The molecule has 0 spiro atoms. The summed E-state index contributed by atoms with van der Waals surface area (Å²) in [6, 6.07) is 9.25. The number of benzene rings is 1. The van der Waals surface area contributed by atoms with Crippen LogP contribution in [0, 0.1) is 0 Å². The van der Waals surface area contributed by atoms with Gasteiger partial charge in [0, 0.05) is 25.8 Å². The van der Waals surface area contributed by atoms with Crippen molar-refractivity contribution in [1.82, 2.24) is 24.9 Å². The van der Waals surface area contributed by atoms with Gasteiger partial charge in [0.1, 0.15) is 11.3 Å². The number of rotatable bonds is 7. The maximum Gasteiger partial charge on any atom is 0.284 e. The Morgan fingerprint density at radius 3 is 2.47 bits per heavy atom. The number of carbonyl (C=O) groups is 1. The highest BCUT2D eigenvalue weighted by atomic mass is 16.5. The van der Waals surface area contributed by atoms with Crippen molar-refractivity contribution in [3.8, 4) is 16.9 Å². The quantitative estimate of drug-likeness (QED) is 0.648. The Bertz CT molecular complexity index is 1080. The third kappa shape index (κ3) is 4.65. The Kier molecular flexibility index (Phi) is 6.47. The van der Waals surface area contributed by atoms with Crippen LogP contribution in [0.1, 0.15) is 42.6 Å². The molecule has 158 valence electrons. The van der Waals surface area contributed by atoms with E-state index in [-0.39, 0.29) is 11.6 Å². The minimum atomic E-state index is -0.507. The van der Waals surface area contributed by atoms with Gasteiger partial charge in [-0.3, -0.25) is 14.3 Å². The predicted octanol–water partition coefficient (Wildman–Crippen LogP) is 2.52. The number of hydrogen-bond donors (Lipinski definition) is 1. The van der Waals surface area contributed by atoms with Gasteiger partial charge < -0.3 is 10.1 Å². The van der Waals surface area contributed by atoms with Crippen molar-refractivity contribution >= 4 is 5.91 Å². The smallest absolute Gasteiger partial charge is 0.284 e. The van der Waals surface area contributed by atoms with Gasteiger partial charge in [-0.2, -0.15) is 14.9 Å². The molecule has 0 aliphatic rings. The van der Waals surface area contributed by atoms with Gasteiger partial charge in [0.25, 0.3) is 11.5 Å². The van der Waals surface area contributed by atoms with E-state index < -0.39 is 11.5 Å². The zero-order valence-electron chi connectivity index (χ0n) is 17.9. The number of hydrogen-bond acceptors (Lipinski definition) is 5. The Morgan fingerprint density at radius 2 is 1.90 bits per heavy atom. The fourth-order valence-corrected chi connectivity index (χ4v) is 3.12. The van der Waals surface area contributed by atoms with Crippen LogP contribution in [0.3, 0.4) is 0 Å². The lowest BCUT2D eigenvalue weighted by Gasteiger charge is -2.14. The molecule has 0 unspecified atom stereocenters. The van der Waals surface area contributed by atoms with Gasteiger partial charge >= 0.3 is 0 Å². The van der Waals surface area contributed by atoms with Crippen LogP contribution in [0.2, 0.25) is 0 Å². The van der Waals surface area contributed by atoms with Gasteiger partial charge in [-0.15, -0.1) is 0 Å². The highest BCUT2D eigenvalue weighted by Gasteiger charge is 2.19. The number of methoxy groups -OCH3 is 1. The number of nitrogens with one attached hydrogen (secondary N) is 1. The first-order valence-electron chi connectivity index (χ1n) is 9.83. The van der Waals surface area contributed by atoms with Gasteiger partial charge in [0.05, 0.1) is 24.7 Å². The summed E-state index contributed by atoms with van der Waals surface area (Å²) in [7, 11) is 3.31. The molecule has 1 N–H and O–H groups in total. The summed E-state index contributed by atoms with van der Waals surface area (Å²) in [4.78, 5) is 25.9. The molecule has 0 bridgehead atoms. The second kappa shape index (κ2) is 9.04. The molecular formula is C22H27N5O3. The SMILES string of the molecule is COC[C@H](C)NC(=O)c1cc(-c2ccc(C(C)C)cc2)nn(-c2cnn(C)c2)c1=O. The average molecular weight is 409 g/mol. The molecule has 1 aromatic carbocycles. The van der Waals surface area contributed by atoms with E-state index in [2.05, 4.69) is 29.4 Å². The summed E-state index contributed by atoms with van der Waals surface area (Å²) >= 11 is 0. The summed E-state index contributed by atoms with van der Waals surface area (Å²) < 4.78 is 7.86. The molecule has 0 aliphatic heterocycles. The number of aryl methyl sites for hydroxylation is 1. The van der Waals surface area contributed by atoms with Crippen LogP contribution in [0.5, 0.6) is 0 Å². The van der Waals surface area contributed by atoms with Crippen molar-refractivity contribution in [2.75, 3.05) is 13.7 Å². The average Bonchev–Trinajstić information content (AvgIpc) is 3.14. The van der Waals surface area contributed by atoms with E-state index in [1.807, 2.05) is 31.2 Å². The number of ether oxygens (including phenoxy) is 1.